The van der Waals surface area contributed by atoms with Crippen molar-refractivity contribution in [3.8, 4) is 0 Å². The molecule has 0 saturated carbocycles. The van der Waals surface area contributed by atoms with E-state index in [0.717, 1.165) is 18.0 Å². The Labute approximate surface area is 119 Å². The summed E-state index contributed by atoms with van der Waals surface area (Å²) in [6.07, 6.45) is 2.71. The number of benzene rings is 1. The van der Waals surface area contributed by atoms with Crippen LogP contribution in [0.5, 0.6) is 0 Å². The molecule has 0 bridgehead atoms. The predicted octanol–water partition coefficient (Wildman–Crippen LogP) is 1.73. The van der Waals surface area contributed by atoms with Crippen molar-refractivity contribution in [3.05, 3.63) is 42.2 Å². The normalized spacial score (nSPS) is 11.2. The lowest BCUT2D eigenvalue weighted by atomic mass is 10.4. The van der Waals surface area contributed by atoms with Gasteiger partial charge in [-0.3, -0.25) is 0 Å². The zero-order valence-electron chi connectivity index (χ0n) is 10.3. The molecule has 2 rings (SSSR count). The van der Waals surface area contributed by atoms with Crippen LogP contribution >= 0.6 is 11.8 Å². The number of aromatic carboxylic acids is 1. The Morgan fingerprint density at radius 3 is 2.45 bits per heavy atom. The largest absolute Gasteiger partial charge is 0.476 e. The molecule has 0 aliphatic rings. The molecule has 1 aromatic carbocycles. The van der Waals surface area contributed by atoms with Crippen molar-refractivity contribution in [3.63, 3.8) is 0 Å². The van der Waals surface area contributed by atoms with Crippen LogP contribution < -0.4 is 0 Å². The van der Waals surface area contributed by atoms with Crippen LogP contribution in [0.4, 0.5) is 0 Å². The van der Waals surface area contributed by atoms with Crippen LogP contribution in [-0.2, 0) is 9.84 Å². The molecule has 0 aliphatic heterocycles. The van der Waals surface area contributed by atoms with Gasteiger partial charge in [-0.25, -0.2) is 23.2 Å². The van der Waals surface area contributed by atoms with Crippen LogP contribution in [0, 0.1) is 0 Å². The number of carboxylic acids is 1. The Morgan fingerprint density at radius 1 is 1.25 bits per heavy atom. The minimum atomic E-state index is -3.95. The van der Waals surface area contributed by atoms with Crippen LogP contribution in [0.2, 0.25) is 0 Å². The van der Waals surface area contributed by atoms with Gasteiger partial charge in [0.05, 0.1) is 11.1 Å². The lowest BCUT2D eigenvalue weighted by molar-refractivity contribution is 0.0684. The number of rotatable bonds is 4. The summed E-state index contributed by atoms with van der Waals surface area (Å²) in [5.41, 5.74) is -0.520. The molecule has 0 fully saturated rings. The average molecular weight is 310 g/mol. The lowest BCUT2D eigenvalue weighted by Crippen LogP contribution is -2.13. The minimum Gasteiger partial charge on any atom is -0.476 e. The average Bonchev–Trinajstić information content (AvgIpc) is 2.47. The van der Waals surface area contributed by atoms with Gasteiger partial charge in [-0.15, -0.1) is 0 Å². The first-order valence-corrected chi connectivity index (χ1v) is 8.12. The van der Waals surface area contributed by atoms with Gasteiger partial charge in [-0.05, 0) is 18.4 Å². The van der Waals surface area contributed by atoms with E-state index in [1.807, 2.05) is 0 Å². The zero-order valence-corrected chi connectivity index (χ0v) is 12.0. The number of sulfone groups is 1. The molecule has 1 heterocycles. The molecule has 0 amide bonds. The molecule has 0 saturated heterocycles. The summed E-state index contributed by atoms with van der Waals surface area (Å²) in [5.74, 6) is -1.41. The summed E-state index contributed by atoms with van der Waals surface area (Å²) >= 11 is 1.14. The molecule has 2 aromatic rings. The number of hydrogen-bond acceptors (Lipinski definition) is 6. The van der Waals surface area contributed by atoms with E-state index in [-0.39, 0.29) is 10.1 Å². The molecule has 0 atom stereocenters. The number of carboxylic acid groups (broad SMARTS) is 1. The highest BCUT2D eigenvalue weighted by Crippen LogP contribution is 2.23. The van der Waals surface area contributed by atoms with E-state index in [1.165, 1.54) is 12.1 Å². The third-order valence-electron chi connectivity index (χ3n) is 2.46. The first-order chi connectivity index (χ1) is 9.46. The Kier molecular flexibility index (Phi) is 4.05. The Morgan fingerprint density at radius 2 is 1.90 bits per heavy atom. The van der Waals surface area contributed by atoms with E-state index in [2.05, 4.69) is 9.97 Å². The molecule has 0 unspecified atom stereocenters. The van der Waals surface area contributed by atoms with E-state index in [9.17, 15) is 13.2 Å². The summed E-state index contributed by atoms with van der Waals surface area (Å²) < 4.78 is 24.8. The molecule has 104 valence electrons. The van der Waals surface area contributed by atoms with Gasteiger partial charge in [0.2, 0.25) is 9.84 Å². The Balaban J connectivity index is 2.66. The van der Waals surface area contributed by atoms with Crippen molar-refractivity contribution in [2.45, 2.75) is 14.9 Å². The summed E-state index contributed by atoms with van der Waals surface area (Å²) in [5, 5.41) is 9.34. The highest BCUT2D eigenvalue weighted by Gasteiger charge is 2.26. The second kappa shape index (κ2) is 5.59. The summed E-state index contributed by atoms with van der Waals surface area (Å²) in [4.78, 5) is 18.4. The second-order valence-corrected chi connectivity index (χ2v) is 6.38. The Hall–Kier alpha value is -1.93. The molecule has 20 heavy (non-hydrogen) atoms. The van der Waals surface area contributed by atoms with Gasteiger partial charge in [0.25, 0.3) is 0 Å². The molecule has 0 aliphatic carbocycles. The van der Waals surface area contributed by atoms with Gasteiger partial charge in [-0.2, -0.15) is 0 Å². The second-order valence-electron chi connectivity index (χ2n) is 3.69. The van der Waals surface area contributed by atoms with E-state index < -0.39 is 26.4 Å². The maximum Gasteiger partial charge on any atom is 0.356 e. The van der Waals surface area contributed by atoms with Gasteiger partial charge in [0.1, 0.15) is 4.90 Å². The maximum absolute atomic E-state index is 12.4. The minimum absolute atomic E-state index is 0.00278. The van der Waals surface area contributed by atoms with Gasteiger partial charge < -0.3 is 5.11 Å². The van der Waals surface area contributed by atoms with Crippen molar-refractivity contribution in [1.29, 1.82) is 0 Å². The van der Waals surface area contributed by atoms with E-state index >= 15 is 0 Å². The van der Waals surface area contributed by atoms with Crippen LogP contribution in [0.15, 0.2) is 51.5 Å². The molecule has 0 spiro atoms. The van der Waals surface area contributed by atoms with Crippen LogP contribution in [0.25, 0.3) is 0 Å². The Bertz CT molecular complexity index is 745. The zero-order chi connectivity index (χ0) is 14.8. The van der Waals surface area contributed by atoms with Crippen LogP contribution in [-0.4, -0.2) is 35.7 Å². The molecule has 8 heteroatoms. The lowest BCUT2D eigenvalue weighted by Gasteiger charge is -2.07. The van der Waals surface area contributed by atoms with Crippen molar-refractivity contribution in [2.24, 2.45) is 0 Å². The predicted molar refractivity (Wildman–Crippen MR) is 72.7 cm³/mol. The molecule has 1 aromatic heterocycles. The fraction of sp³-hybridized carbons (Fsp3) is 0.0833. The summed E-state index contributed by atoms with van der Waals surface area (Å²) in [6, 6.07) is 7.58. The third-order valence-corrected chi connectivity index (χ3v) is 4.79. The topological polar surface area (TPSA) is 97.2 Å². The number of hydrogen-bond donors (Lipinski definition) is 1. The van der Waals surface area contributed by atoms with Gasteiger partial charge >= 0.3 is 5.97 Å². The molecule has 1 N–H and O–H groups in total. The molecular formula is C12H10N2O4S2. The maximum atomic E-state index is 12.4. The summed E-state index contributed by atoms with van der Waals surface area (Å²) in [7, 11) is -3.95. The monoisotopic (exact) mass is 310 g/mol. The van der Waals surface area contributed by atoms with Crippen LogP contribution in [0.1, 0.15) is 10.5 Å². The number of thioether (sulfide) groups is 1. The standard InChI is InChI=1S/C12H10N2O4S2/c1-19-12-13-7-9(10(14-12)11(15)16)20(17,18)8-5-3-2-4-6-8/h2-7H,1H3,(H,15,16). The number of nitrogens with zero attached hydrogens (tertiary/aromatic N) is 2. The highest BCUT2D eigenvalue weighted by molar-refractivity contribution is 7.98. The van der Waals surface area contributed by atoms with E-state index in [0.29, 0.717) is 0 Å². The third kappa shape index (κ3) is 2.66. The van der Waals surface area contributed by atoms with Gasteiger partial charge in [0.15, 0.2) is 10.9 Å². The fourth-order valence-corrected chi connectivity index (χ4v) is 3.22. The fourth-order valence-electron chi connectivity index (χ4n) is 1.53. The number of carbonyl (C=O) groups is 1. The van der Waals surface area contributed by atoms with Crippen molar-refractivity contribution < 1.29 is 18.3 Å². The SMILES string of the molecule is CSc1ncc(S(=O)(=O)c2ccccc2)c(C(=O)O)n1. The quantitative estimate of drug-likeness (QED) is 0.678. The van der Waals surface area contributed by atoms with E-state index in [4.69, 9.17) is 5.11 Å². The first kappa shape index (κ1) is 14.5. The summed E-state index contributed by atoms with van der Waals surface area (Å²) in [6.45, 7) is 0. The smallest absolute Gasteiger partial charge is 0.356 e. The molecule has 0 radical (unpaired) electrons. The van der Waals surface area contributed by atoms with Crippen LogP contribution in [0.3, 0.4) is 0 Å². The highest BCUT2D eigenvalue weighted by atomic mass is 32.2. The van der Waals surface area contributed by atoms with Crippen molar-refractivity contribution >= 4 is 27.6 Å². The van der Waals surface area contributed by atoms with Gasteiger partial charge in [-0.1, -0.05) is 30.0 Å². The van der Waals surface area contributed by atoms with Crippen molar-refractivity contribution in [2.75, 3.05) is 6.26 Å². The molecule has 6 nitrogen and oxygen atoms in total. The van der Waals surface area contributed by atoms with E-state index in [1.54, 1.807) is 24.5 Å². The van der Waals surface area contributed by atoms with Gasteiger partial charge in [0, 0.05) is 0 Å². The number of aromatic nitrogens is 2. The van der Waals surface area contributed by atoms with Crippen molar-refractivity contribution in [1.82, 2.24) is 9.97 Å². The first-order valence-electron chi connectivity index (χ1n) is 5.41. The molecular weight excluding hydrogens is 300 g/mol.